The highest BCUT2D eigenvalue weighted by Crippen LogP contribution is 2.14. The largest absolute Gasteiger partial charge is 0.327 e. The molecule has 2 nitrogen and oxygen atoms in total. The second-order valence-electron chi connectivity index (χ2n) is 1.42. The van der Waals surface area contributed by atoms with Crippen molar-refractivity contribution in [3.63, 3.8) is 0 Å². The summed E-state index contributed by atoms with van der Waals surface area (Å²) in [6, 6.07) is 0. The van der Waals surface area contributed by atoms with Gasteiger partial charge in [-0.1, -0.05) is 23.2 Å². The Morgan fingerprint density at radius 3 is 2.78 bits per heavy atom. The fraction of sp³-hybridized carbons (Fsp3) is 0.250. The molecule has 1 aliphatic rings. The van der Waals surface area contributed by atoms with Crippen LogP contribution >= 0.6 is 23.2 Å². The highest BCUT2D eigenvalue weighted by Gasteiger charge is 2.10. The maximum Gasteiger partial charge on any atom is 0.265 e. The maximum atomic E-state index is 12.1. The number of hydrogen-bond acceptors (Lipinski definition) is 2. The Morgan fingerprint density at radius 2 is 2.33 bits per heavy atom. The Labute approximate surface area is 61.4 Å². The molecule has 0 spiro atoms. The number of nitrogens with zero attached hydrogens (tertiary/aromatic N) is 1. The molecule has 0 fully saturated rings. The Balaban J connectivity index is 2.75. The lowest BCUT2D eigenvalue weighted by molar-refractivity contribution is 0.310. The molecule has 0 aromatic carbocycles. The van der Waals surface area contributed by atoms with E-state index in [9.17, 15) is 4.39 Å². The summed E-state index contributed by atoms with van der Waals surface area (Å²) in [7, 11) is 0. The summed E-state index contributed by atoms with van der Waals surface area (Å²) in [4.78, 5) is 3.28. The van der Waals surface area contributed by atoms with Crippen LogP contribution in [-0.4, -0.2) is 12.6 Å². The molecular weight excluding hydrogens is 166 g/mol. The minimum atomic E-state index is -1.46. The average molecular weight is 169 g/mol. The van der Waals surface area contributed by atoms with Gasteiger partial charge in [-0.2, -0.15) is 4.39 Å². The Bertz CT molecular complexity index is 177. The topological polar surface area (TPSA) is 24.4 Å². The van der Waals surface area contributed by atoms with E-state index in [1.807, 2.05) is 0 Å². The normalized spacial score (nSPS) is 26.3. The number of rotatable bonds is 0. The number of allylic oxidation sites excluding steroid dienone is 1. The molecule has 1 heterocycles. The van der Waals surface area contributed by atoms with E-state index in [1.54, 1.807) is 0 Å². The predicted octanol–water partition coefficient (Wildman–Crippen LogP) is 1.56. The summed E-state index contributed by atoms with van der Waals surface area (Å²) in [6.07, 6.45) is -0.287. The molecule has 0 saturated heterocycles. The van der Waals surface area contributed by atoms with Crippen molar-refractivity contribution in [1.29, 1.82) is 0 Å². The van der Waals surface area contributed by atoms with E-state index in [4.69, 9.17) is 23.2 Å². The van der Waals surface area contributed by atoms with E-state index < -0.39 is 6.42 Å². The van der Waals surface area contributed by atoms with Crippen molar-refractivity contribution in [2.75, 3.05) is 0 Å². The average Bonchev–Trinajstić information content (AvgIpc) is 1.80. The molecule has 1 N–H and O–H groups in total. The van der Waals surface area contributed by atoms with Crippen LogP contribution in [0.5, 0.6) is 0 Å². The molecule has 1 atom stereocenters. The van der Waals surface area contributed by atoms with Crippen molar-refractivity contribution < 1.29 is 4.39 Å². The van der Waals surface area contributed by atoms with E-state index in [1.165, 1.54) is 6.21 Å². The van der Waals surface area contributed by atoms with Gasteiger partial charge in [-0.15, -0.1) is 0 Å². The van der Waals surface area contributed by atoms with Gasteiger partial charge in [0, 0.05) is 6.21 Å². The Hall–Kier alpha value is -0.280. The summed E-state index contributed by atoms with van der Waals surface area (Å²) in [5, 5.41) is 2.50. The SMILES string of the molecule is FC1N=CC(Cl)=C(Cl)N1. The highest BCUT2D eigenvalue weighted by molar-refractivity contribution is 6.45. The lowest BCUT2D eigenvalue weighted by Crippen LogP contribution is -2.23. The molecule has 0 aromatic heterocycles. The van der Waals surface area contributed by atoms with E-state index in [0.29, 0.717) is 0 Å². The van der Waals surface area contributed by atoms with Gasteiger partial charge >= 0.3 is 0 Å². The lowest BCUT2D eigenvalue weighted by atomic mass is 10.6. The Morgan fingerprint density at radius 1 is 1.67 bits per heavy atom. The van der Waals surface area contributed by atoms with Gasteiger partial charge in [0.15, 0.2) is 0 Å². The van der Waals surface area contributed by atoms with Crippen LogP contribution in [0.3, 0.4) is 0 Å². The van der Waals surface area contributed by atoms with Gasteiger partial charge in [0.25, 0.3) is 6.42 Å². The fourth-order valence-electron chi connectivity index (χ4n) is 0.398. The number of nitrogens with one attached hydrogen (secondary N) is 1. The first-order valence-electron chi connectivity index (χ1n) is 2.19. The van der Waals surface area contributed by atoms with Gasteiger partial charge in [0.1, 0.15) is 5.16 Å². The molecule has 1 rings (SSSR count). The summed E-state index contributed by atoms with van der Waals surface area (Å²) in [5.74, 6) is 0. The molecule has 0 radical (unpaired) electrons. The van der Waals surface area contributed by atoms with E-state index >= 15 is 0 Å². The molecule has 0 aliphatic carbocycles. The minimum absolute atomic E-state index is 0.0965. The second kappa shape index (κ2) is 2.54. The van der Waals surface area contributed by atoms with Gasteiger partial charge in [-0.3, -0.25) is 0 Å². The van der Waals surface area contributed by atoms with Gasteiger partial charge in [0.05, 0.1) is 5.03 Å². The van der Waals surface area contributed by atoms with Crippen molar-refractivity contribution in [2.45, 2.75) is 6.42 Å². The van der Waals surface area contributed by atoms with Crippen molar-refractivity contribution in [3.8, 4) is 0 Å². The van der Waals surface area contributed by atoms with Crippen LogP contribution in [0.15, 0.2) is 15.2 Å². The third kappa shape index (κ3) is 1.56. The third-order valence-electron chi connectivity index (χ3n) is 0.774. The predicted molar refractivity (Wildman–Crippen MR) is 35.3 cm³/mol. The monoisotopic (exact) mass is 168 g/mol. The molecule has 0 bridgehead atoms. The van der Waals surface area contributed by atoms with Crippen molar-refractivity contribution >= 4 is 29.4 Å². The van der Waals surface area contributed by atoms with Gasteiger partial charge < -0.3 is 5.32 Å². The maximum absolute atomic E-state index is 12.1. The van der Waals surface area contributed by atoms with Crippen LogP contribution in [0.25, 0.3) is 0 Å². The third-order valence-corrected chi connectivity index (χ3v) is 1.47. The summed E-state index contributed by atoms with van der Waals surface area (Å²) in [6.45, 7) is 0. The number of halogens is 3. The zero-order chi connectivity index (χ0) is 6.85. The van der Waals surface area contributed by atoms with Crippen LogP contribution in [-0.2, 0) is 0 Å². The zero-order valence-corrected chi connectivity index (χ0v) is 5.75. The molecule has 0 amide bonds. The Kier molecular flexibility index (Phi) is 1.93. The van der Waals surface area contributed by atoms with Crippen molar-refractivity contribution in [1.82, 2.24) is 5.32 Å². The molecule has 0 saturated carbocycles. The number of aliphatic imine (C=N–C) groups is 1. The first kappa shape index (κ1) is 6.83. The molecule has 9 heavy (non-hydrogen) atoms. The number of hydrogen-bond donors (Lipinski definition) is 1. The molecule has 0 aromatic rings. The molecule has 1 unspecified atom stereocenters. The summed E-state index contributed by atoms with van der Waals surface area (Å²) in [5.41, 5.74) is 0. The highest BCUT2D eigenvalue weighted by atomic mass is 35.5. The number of alkyl halides is 1. The first-order valence-corrected chi connectivity index (χ1v) is 2.95. The summed E-state index contributed by atoms with van der Waals surface area (Å²) < 4.78 is 12.1. The van der Waals surface area contributed by atoms with E-state index in [0.717, 1.165) is 0 Å². The summed E-state index contributed by atoms with van der Waals surface area (Å²) >= 11 is 10.8. The quantitative estimate of drug-likeness (QED) is 0.546. The molecule has 5 heteroatoms. The molecule has 1 aliphatic heterocycles. The van der Waals surface area contributed by atoms with Crippen LogP contribution in [0.1, 0.15) is 0 Å². The van der Waals surface area contributed by atoms with Crippen molar-refractivity contribution in [3.05, 3.63) is 10.2 Å². The van der Waals surface area contributed by atoms with Crippen LogP contribution in [0, 0.1) is 0 Å². The fourth-order valence-corrected chi connectivity index (χ4v) is 0.648. The van der Waals surface area contributed by atoms with Crippen LogP contribution in [0.2, 0.25) is 0 Å². The standard InChI is InChI=1S/C4H3Cl2FN2/c5-2-1-8-4(7)9-3(2)6/h1,4,9H. The minimum Gasteiger partial charge on any atom is -0.327 e. The van der Waals surface area contributed by atoms with E-state index in [2.05, 4.69) is 10.3 Å². The van der Waals surface area contributed by atoms with Gasteiger partial charge in [-0.25, -0.2) is 4.99 Å². The van der Waals surface area contributed by atoms with Gasteiger partial charge in [0.2, 0.25) is 0 Å². The van der Waals surface area contributed by atoms with Gasteiger partial charge in [-0.05, 0) is 0 Å². The van der Waals surface area contributed by atoms with E-state index in [-0.39, 0.29) is 10.2 Å². The first-order chi connectivity index (χ1) is 4.20. The lowest BCUT2D eigenvalue weighted by Gasteiger charge is -2.10. The van der Waals surface area contributed by atoms with Crippen LogP contribution < -0.4 is 5.32 Å². The molecular formula is C4H3Cl2FN2. The zero-order valence-electron chi connectivity index (χ0n) is 4.24. The smallest absolute Gasteiger partial charge is 0.265 e. The van der Waals surface area contributed by atoms with Crippen LogP contribution in [0.4, 0.5) is 4.39 Å². The van der Waals surface area contributed by atoms with Crippen molar-refractivity contribution in [2.24, 2.45) is 4.99 Å². The molecule has 50 valence electrons. The second-order valence-corrected chi connectivity index (χ2v) is 2.21.